The number of thiophene rings is 1. The summed E-state index contributed by atoms with van der Waals surface area (Å²) in [6.45, 7) is 7.46. The Morgan fingerprint density at radius 3 is 2.59 bits per heavy atom. The lowest BCUT2D eigenvalue weighted by molar-refractivity contribution is 0.588. The molecule has 0 amide bonds. The van der Waals surface area contributed by atoms with Crippen molar-refractivity contribution in [2.75, 3.05) is 7.05 Å². The molecule has 0 bridgehead atoms. The van der Waals surface area contributed by atoms with Gasteiger partial charge in [0.1, 0.15) is 5.82 Å². The van der Waals surface area contributed by atoms with Crippen molar-refractivity contribution in [3.8, 4) is 0 Å². The lowest BCUT2D eigenvalue weighted by atomic mass is 9.85. The van der Waals surface area contributed by atoms with Gasteiger partial charge >= 0.3 is 0 Å². The zero-order valence-electron chi connectivity index (χ0n) is 10.7. The van der Waals surface area contributed by atoms with Crippen molar-refractivity contribution < 1.29 is 4.39 Å². The fourth-order valence-electron chi connectivity index (χ4n) is 2.23. The molecule has 0 aliphatic rings. The number of rotatable bonds is 2. The molecule has 1 heterocycles. The van der Waals surface area contributed by atoms with Gasteiger partial charge in [0.25, 0.3) is 0 Å². The van der Waals surface area contributed by atoms with Crippen LogP contribution in [-0.2, 0) is 12.0 Å². The third kappa shape index (κ3) is 2.35. The predicted octanol–water partition coefficient (Wildman–Crippen LogP) is 4.06. The van der Waals surface area contributed by atoms with E-state index in [9.17, 15) is 4.39 Å². The molecular weight excluding hydrogens is 233 g/mol. The summed E-state index contributed by atoms with van der Waals surface area (Å²) < 4.78 is 14.3. The van der Waals surface area contributed by atoms with Crippen LogP contribution in [0.3, 0.4) is 0 Å². The maximum atomic E-state index is 13.3. The summed E-state index contributed by atoms with van der Waals surface area (Å²) in [6, 6.07) is 5.09. The fourth-order valence-corrected chi connectivity index (χ4v) is 3.68. The Kier molecular flexibility index (Phi) is 3.23. The van der Waals surface area contributed by atoms with Gasteiger partial charge < -0.3 is 5.32 Å². The summed E-state index contributed by atoms with van der Waals surface area (Å²) in [5, 5.41) is 4.38. The first-order valence-corrected chi connectivity index (χ1v) is 6.61. The molecule has 0 fully saturated rings. The molecular formula is C14H18FNS. The normalized spacial score (nSPS) is 12.3. The highest BCUT2D eigenvalue weighted by atomic mass is 32.1. The highest BCUT2D eigenvalue weighted by molar-refractivity contribution is 7.19. The lowest BCUT2D eigenvalue weighted by Gasteiger charge is -2.20. The van der Waals surface area contributed by atoms with Crippen LogP contribution in [-0.4, -0.2) is 7.05 Å². The molecule has 0 spiro atoms. The van der Waals surface area contributed by atoms with Crippen molar-refractivity contribution >= 4 is 21.4 Å². The van der Waals surface area contributed by atoms with Crippen molar-refractivity contribution in [1.82, 2.24) is 5.32 Å². The average molecular weight is 251 g/mol. The van der Waals surface area contributed by atoms with Crippen LogP contribution in [0.25, 0.3) is 10.1 Å². The molecule has 1 N–H and O–H groups in total. The highest BCUT2D eigenvalue weighted by Crippen LogP contribution is 2.39. The second kappa shape index (κ2) is 4.39. The first-order chi connectivity index (χ1) is 7.93. The van der Waals surface area contributed by atoms with Gasteiger partial charge in [0.05, 0.1) is 0 Å². The van der Waals surface area contributed by atoms with Crippen LogP contribution < -0.4 is 5.32 Å². The van der Waals surface area contributed by atoms with E-state index >= 15 is 0 Å². The number of hydrogen-bond acceptors (Lipinski definition) is 2. The number of benzene rings is 1. The van der Waals surface area contributed by atoms with Gasteiger partial charge in [-0.25, -0.2) is 4.39 Å². The van der Waals surface area contributed by atoms with Crippen molar-refractivity contribution in [3.63, 3.8) is 0 Å². The van der Waals surface area contributed by atoms with Gasteiger partial charge in [-0.05, 0) is 35.5 Å². The summed E-state index contributed by atoms with van der Waals surface area (Å²) in [5.74, 6) is -0.157. The van der Waals surface area contributed by atoms with E-state index in [0.29, 0.717) is 0 Å². The maximum absolute atomic E-state index is 13.3. The summed E-state index contributed by atoms with van der Waals surface area (Å²) in [7, 11) is 1.94. The summed E-state index contributed by atoms with van der Waals surface area (Å²) in [4.78, 5) is 1.31. The van der Waals surface area contributed by atoms with E-state index in [0.717, 1.165) is 11.2 Å². The summed E-state index contributed by atoms with van der Waals surface area (Å²) in [6.07, 6.45) is 0. The van der Waals surface area contributed by atoms with Crippen LogP contribution in [0.4, 0.5) is 4.39 Å². The number of halogens is 1. The minimum Gasteiger partial charge on any atom is -0.315 e. The third-order valence-corrected chi connectivity index (χ3v) is 3.96. The minimum atomic E-state index is -0.157. The third-order valence-electron chi connectivity index (χ3n) is 2.81. The Morgan fingerprint density at radius 1 is 1.29 bits per heavy atom. The standard InChI is InChI=1S/C14H18FNS/c1-14(2,3)13-10-6-5-9(15)7-11(10)17-12(13)8-16-4/h5-7,16H,8H2,1-4H3. The van der Waals surface area contributed by atoms with E-state index < -0.39 is 0 Å². The van der Waals surface area contributed by atoms with E-state index in [-0.39, 0.29) is 11.2 Å². The molecule has 0 saturated heterocycles. The van der Waals surface area contributed by atoms with Crippen molar-refractivity contribution in [2.45, 2.75) is 32.7 Å². The molecule has 1 aromatic heterocycles. The predicted molar refractivity (Wildman–Crippen MR) is 73.2 cm³/mol. The van der Waals surface area contributed by atoms with Crippen molar-refractivity contribution in [2.24, 2.45) is 0 Å². The monoisotopic (exact) mass is 251 g/mol. The molecule has 0 radical (unpaired) electrons. The Bertz CT molecular complexity index is 537. The number of nitrogens with one attached hydrogen (secondary N) is 1. The van der Waals surface area contributed by atoms with E-state index in [1.165, 1.54) is 15.8 Å². The van der Waals surface area contributed by atoms with Crippen LogP contribution in [0, 0.1) is 5.82 Å². The van der Waals surface area contributed by atoms with Gasteiger partial charge in [0.2, 0.25) is 0 Å². The average Bonchev–Trinajstić information content (AvgIpc) is 2.54. The maximum Gasteiger partial charge on any atom is 0.124 e. The van der Waals surface area contributed by atoms with E-state index in [1.54, 1.807) is 23.5 Å². The fraction of sp³-hybridized carbons (Fsp3) is 0.429. The van der Waals surface area contributed by atoms with E-state index in [1.807, 2.05) is 13.1 Å². The molecule has 1 nitrogen and oxygen atoms in total. The Hall–Kier alpha value is -0.930. The molecule has 2 rings (SSSR count). The molecule has 92 valence electrons. The van der Waals surface area contributed by atoms with Crippen LogP contribution >= 0.6 is 11.3 Å². The molecule has 1 aromatic carbocycles. The quantitative estimate of drug-likeness (QED) is 0.848. The Labute approximate surface area is 106 Å². The molecule has 0 saturated carbocycles. The first-order valence-electron chi connectivity index (χ1n) is 5.79. The smallest absolute Gasteiger partial charge is 0.124 e. The van der Waals surface area contributed by atoms with Crippen LogP contribution in [0.2, 0.25) is 0 Å². The van der Waals surface area contributed by atoms with Crippen LogP contribution in [0.5, 0.6) is 0 Å². The van der Waals surface area contributed by atoms with Gasteiger partial charge in [-0.15, -0.1) is 11.3 Å². The first kappa shape index (κ1) is 12.5. The number of hydrogen-bond donors (Lipinski definition) is 1. The van der Waals surface area contributed by atoms with Gasteiger partial charge in [-0.2, -0.15) is 0 Å². The Morgan fingerprint density at radius 2 is 2.00 bits per heavy atom. The van der Waals surface area contributed by atoms with E-state index in [4.69, 9.17) is 0 Å². The van der Waals surface area contributed by atoms with Gasteiger partial charge in [0.15, 0.2) is 0 Å². The number of fused-ring (bicyclic) bond motifs is 1. The molecule has 0 aliphatic heterocycles. The van der Waals surface area contributed by atoms with Crippen molar-refractivity contribution in [3.05, 3.63) is 34.5 Å². The van der Waals surface area contributed by atoms with Gasteiger partial charge in [-0.1, -0.05) is 26.8 Å². The zero-order chi connectivity index (χ0) is 12.6. The van der Waals surface area contributed by atoms with Crippen LogP contribution in [0.15, 0.2) is 18.2 Å². The second-order valence-electron chi connectivity index (χ2n) is 5.32. The molecule has 0 unspecified atom stereocenters. The molecule has 0 atom stereocenters. The molecule has 3 heteroatoms. The minimum absolute atomic E-state index is 0.0856. The van der Waals surface area contributed by atoms with Gasteiger partial charge in [-0.3, -0.25) is 0 Å². The largest absolute Gasteiger partial charge is 0.315 e. The van der Waals surface area contributed by atoms with Crippen LogP contribution in [0.1, 0.15) is 31.2 Å². The summed E-state index contributed by atoms with van der Waals surface area (Å²) in [5.41, 5.74) is 1.43. The van der Waals surface area contributed by atoms with Gasteiger partial charge in [0, 0.05) is 16.1 Å². The second-order valence-corrected chi connectivity index (χ2v) is 6.46. The zero-order valence-corrected chi connectivity index (χ0v) is 11.5. The van der Waals surface area contributed by atoms with E-state index in [2.05, 4.69) is 26.1 Å². The molecule has 2 aromatic rings. The molecule has 0 aliphatic carbocycles. The highest BCUT2D eigenvalue weighted by Gasteiger charge is 2.23. The van der Waals surface area contributed by atoms with Crippen molar-refractivity contribution in [1.29, 1.82) is 0 Å². The lowest BCUT2D eigenvalue weighted by Crippen LogP contribution is -2.15. The molecule has 17 heavy (non-hydrogen) atoms. The topological polar surface area (TPSA) is 12.0 Å². The Balaban J connectivity index is 2.71. The summed E-state index contributed by atoms with van der Waals surface area (Å²) >= 11 is 1.69. The SMILES string of the molecule is CNCc1sc2cc(F)ccc2c1C(C)(C)C.